The van der Waals surface area contributed by atoms with Gasteiger partial charge in [-0.05, 0) is 86.9 Å². The van der Waals surface area contributed by atoms with Gasteiger partial charge in [0.1, 0.15) is 6.33 Å². The van der Waals surface area contributed by atoms with Crippen LogP contribution in [-0.4, -0.2) is 81.7 Å². The largest absolute Gasteiger partial charge is 0.369 e. The SMILES string of the molecule is Cl.O=C(Cc1ccccc1)NC1CC(n2cnc3c(Nc4ccc(N5CCN(C6CC7(CCNCC7)C6)CC5)cc4)ncnc32)C1. The van der Waals surface area contributed by atoms with Crippen molar-refractivity contribution in [2.75, 3.05) is 49.5 Å². The van der Waals surface area contributed by atoms with Crippen molar-refractivity contribution in [3.8, 4) is 0 Å². The van der Waals surface area contributed by atoms with Gasteiger partial charge in [0, 0.05) is 55.7 Å². The zero-order valence-electron chi connectivity index (χ0n) is 26.3. The number of amides is 1. The molecule has 2 saturated carbocycles. The second-order valence-corrected chi connectivity index (χ2v) is 13.6. The number of nitrogens with one attached hydrogen (secondary N) is 3. The zero-order chi connectivity index (χ0) is 30.2. The van der Waals surface area contributed by atoms with Gasteiger partial charge < -0.3 is 25.4 Å². The lowest BCUT2D eigenvalue weighted by Crippen LogP contribution is -2.58. The minimum absolute atomic E-state index is 0. The Balaban J connectivity index is 0.00000338. The second-order valence-electron chi connectivity index (χ2n) is 13.6. The first kappa shape index (κ1) is 30.9. The molecule has 1 spiro atoms. The number of benzene rings is 2. The average Bonchev–Trinajstić information content (AvgIpc) is 3.47. The number of imidazole rings is 1. The maximum absolute atomic E-state index is 12.5. The van der Waals surface area contributed by atoms with Crippen LogP contribution in [0.5, 0.6) is 0 Å². The number of hydrogen-bond donors (Lipinski definition) is 3. The molecule has 2 aliphatic carbocycles. The summed E-state index contributed by atoms with van der Waals surface area (Å²) in [7, 11) is 0. The van der Waals surface area contributed by atoms with Gasteiger partial charge in [-0.25, -0.2) is 15.0 Å². The fourth-order valence-corrected chi connectivity index (χ4v) is 8.00. The summed E-state index contributed by atoms with van der Waals surface area (Å²) in [5.41, 5.74) is 5.51. The third kappa shape index (κ3) is 6.30. The molecule has 2 aromatic heterocycles. The number of nitrogens with zero attached hydrogens (tertiary/aromatic N) is 6. The molecule has 1 amide bonds. The molecule has 8 rings (SSSR count). The van der Waals surface area contributed by atoms with Crippen LogP contribution in [0.15, 0.2) is 67.3 Å². The number of piperidine rings is 1. The molecule has 3 N–H and O–H groups in total. The molecule has 0 radical (unpaired) electrons. The minimum Gasteiger partial charge on any atom is -0.369 e. The van der Waals surface area contributed by atoms with E-state index >= 15 is 0 Å². The van der Waals surface area contributed by atoms with E-state index in [1.807, 2.05) is 36.7 Å². The lowest BCUT2D eigenvalue weighted by molar-refractivity contribution is -0.121. The fraction of sp³-hybridized carbons (Fsp3) is 0.486. The summed E-state index contributed by atoms with van der Waals surface area (Å²) in [4.78, 5) is 31.5. The number of carbonyl (C=O) groups is 1. The highest BCUT2D eigenvalue weighted by Gasteiger charge is 2.46. The van der Waals surface area contributed by atoms with Crippen molar-refractivity contribution in [2.45, 2.75) is 63.1 Å². The van der Waals surface area contributed by atoms with Gasteiger partial charge in [0.25, 0.3) is 0 Å². The van der Waals surface area contributed by atoms with Crippen LogP contribution in [0.1, 0.15) is 50.1 Å². The summed E-state index contributed by atoms with van der Waals surface area (Å²) >= 11 is 0. The van der Waals surface area contributed by atoms with E-state index in [-0.39, 0.29) is 30.4 Å². The highest BCUT2D eigenvalue weighted by molar-refractivity contribution is 5.86. The zero-order valence-corrected chi connectivity index (χ0v) is 27.1. The van der Waals surface area contributed by atoms with Crippen LogP contribution >= 0.6 is 12.4 Å². The molecule has 10 nitrogen and oxygen atoms in total. The van der Waals surface area contributed by atoms with Crippen LogP contribution in [0.25, 0.3) is 11.2 Å². The maximum atomic E-state index is 12.5. The standard InChI is InChI=1S/C35H43N9O.ClH/c45-31(18-25-4-2-1-3-5-25)40-27-19-29(20-27)44-24-39-32-33(37-23-38-34(32)44)41-26-6-8-28(9-7-26)42-14-16-43(17-15-42)30-21-35(22-30)10-12-36-13-11-35;/h1-9,23-24,27,29-30,36H,10-22H2,(H,40,45)(H,37,38,41);1H. The summed E-state index contributed by atoms with van der Waals surface area (Å²) in [6, 6.07) is 19.8. The Bertz CT molecular complexity index is 1620. The summed E-state index contributed by atoms with van der Waals surface area (Å²) in [6.07, 6.45) is 11.1. The van der Waals surface area contributed by atoms with Gasteiger partial charge in [-0.3, -0.25) is 9.69 Å². The molecular formula is C35H44ClN9O. The predicted octanol–water partition coefficient (Wildman–Crippen LogP) is 4.71. The number of halogens is 1. The quantitative estimate of drug-likeness (QED) is 0.254. The summed E-state index contributed by atoms with van der Waals surface area (Å²) in [5.74, 6) is 0.778. The van der Waals surface area contributed by atoms with Crippen molar-refractivity contribution in [3.05, 3.63) is 72.8 Å². The first-order valence-corrected chi connectivity index (χ1v) is 16.7. The summed E-state index contributed by atoms with van der Waals surface area (Å²) in [5, 5.41) is 10.2. The summed E-state index contributed by atoms with van der Waals surface area (Å²) in [6.45, 7) is 6.89. The van der Waals surface area contributed by atoms with E-state index in [1.54, 1.807) is 6.33 Å². The van der Waals surface area contributed by atoms with Gasteiger partial charge in [0.15, 0.2) is 17.0 Å². The Labute approximate surface area is 276 Å². The molecule has 4 fully saturated rings. The van der Waals surface area contributed by atoms with E-state index < -0.39 is 0 Å². The van der Waals surface area contributed by atoms with Gasteiger partial charge in [-0.1, -0.05) is 30.3 Å². The first-order chi connectivity index (χ1) is 22.1. The molecule has 2 saturated heterocycles. The number of carbonyl (C=O) groups excluding carboxylic acids is 1. The Morgan fingerprint density at radius 1 is 0.891 bits per heavy atom. The average molecular weight is 642 g/mol. The van der Waals surface area contributed by atoms with Gasteiger partial charge in [0.2, 0.25) is 5.91 Å². The fourth-order valence-electron chi connectivity index (χ4n) is 8.00. The number of piperazine rings is 1. The van der Waals surface area contributed by atoms with Crippen LogP contribution in [0.2, 0.25) is 0 Å². The lowest BCUT2D eigenvalue weighted by atomic mass is 9.60. The van der Waals surface area contributed by atoms with Gasteiger partial charge in [-0.15, -0.1) is 12.4 Å². The molecule has 4 heterocycles. The Kier molecular flexibility index (Phi) is 8.85. The lowest BCUT2D eigenvalue weighted by Gasteiger charge is -2.55. The molecule has 2 aromatic carbocycles. The monoisotopic (exact) mass is 641 g/mol. The molecule has 242 valence electrons. The number of rotatable bonds is 8. The van der Waals surface area contributed by atoms with Crippen LogP contribution in [-0.2, 0) is 11.2 Å². The Hall–Kier alpha value is -3.73. The number of fused-ring (bicyclic) bond motifs is 1. The van der Waals surface area contributed by atoms with Crippen molar-refractivity contribution in [2.24, 2.45) is 5.41 Å². The van der Waals surface area contributed by atoms with Gasteiger partial charge in [-0.2, -0.15) is 0 Å². The molecular weight excluding hydrogens is 598 g/mol. The number of hydrogen-bond acceptors (Lipinski definition) is 8. The highest BCUT2D eigenvalue weighted by atomic mass is 35.5. The van der Waals surface area contributed by atoms with Gasteiger partial charge >= 0.3 is 0 Å². The number of aromatic nitrogens is 4. The van der Waals surface area contributed by atoms with E-state index in [9.17, 15) is 4.79 Å². The molecule has 11 heteroatoms. The van der Waals surface area contributed by atoms with Crippen molar-refractivity contribution < 1.29 is 4.79 Å². The van der Waals surface area contributed by atoms with Crippen LogP contribution in [0.4, 0.5) is 17.2 Å². The van der Waals surface area contributed by atoms with Gasteiger partial charge in [0.05, 0.1) is 12.7 Å². The van der Waals surface area contributed by atoms with Crippen molar-refractivity contribution in [3.63, 3.8) is 0 Å². The Morgan fingerprint density at radius 2 is 1.63 bits per heavy atom. The van der Waals surface area contributed by atoms with E-state index in [4.69, 9.17) is 0 Å². The van der Waals surface area contributed by atoms with E-state index in [0.29, 0.717) is 17.7 Å². The van der Waals surface area contributed by atoms with E-state index in [0.717, 1.165) is 67.5 Å². The van der Waals surface area contributed by atoms with E-state index in [2.05, 4.69) is 69.5 Å². The maximum Gasteiger partial charge on any atom is 0.224 e. The highest BCUT2D eigenvalue weighted by Crippen LogP contribution is 2.50. The predicted molar refractivity (Wildman–Crippen MR) is 184 cm³/mol. The molecule has 2 aliphatic heterocycles. The molecule has 4 aromatic rings. The van der Waals surface area contributed by atoms with E-state index in [1.165, 1.54) is 44.5 Å². The summed E-state index contributed by atoms with van der Waals surface area (Å²) < 4.78 is 2.13. The second kappa shape index (κ2) is 13.2. The third-order valence-electron chi connectivity index (χ3n) is 10.8. The van der Waals surface area contributed by atoms with Crippen LogP contribution in [0, 0.1) is 5.41 Å². The van der Waals surface area contributed by atoms with Crippen LogP contribution < -0.4 is 20.9 Å². The van der Waals surface area contributed by atoms with Crippen molar-refractivity contribution in [1.29, 1.82) is 0 Å². The first-order valence-electron chi connectivity index (χ1n) is 16.7. The van der Waals surface area contributed by atoms with Crippen LogP contribution in [0.3, 0.4) is 0 Å². The number of anilines is 3. The molecule has 0 unspecified atom stereocenters. The molecule has 0 atom stereocenters. The van der Waals surface area contributed by atoms with Crippen molar-refractivity contribution in [1.82, 2.24) is 35.1 Å². The third-order valence-corrected chi connectivity index (χ3v) is 10.8. The minimum atomic E-state index is 0. The topological polar surface area (TPSA) is 103 Å². The molecule has 0 bridgehead atoms. The van der Waals surface area contributed by atoms with Crippen molar-refractivity contribution >= 4 is 46.7 Å². The molecule has 4 aliphatic rings. The molecule has 46 heavy (non-hydrogen) atoms. The smallest absolute Gasteiger partial charge is 0.224 e. The normalized spacial score (nSPS) is 22.9. The Morgan fingerprint density at radius 3 is 2.37 bits per heavy atom.